The first kappa shape index (κ1) is 25.7. The van der Waals surface area contributed by atoms with Crippen molar-refractivity contribution in [3.05, 3.63) is 23.8 Å². The van der Waals surface area contributed by atoms with Gasteiger partial charge in [0.2, 0.25) is 11.8 Å². The second kappa shape index (κ2) is 9.67. The molecule has 0 radical (unpaired) electrons. The minimum atomic E-state index is -0.872. The lowest BCUT2D eigenvalue weighted by Gasteiger charge is -2.29. The molecule has 0 saturated carbocycles. The molecule has 2 atom stereocenters. The lowest BCUT2D eigenvalue weighted by Crippen LogP contribution is -2.53. The number of anilines is 2. The number of carbonyl (C=O) groups excluding carboxylic acids is 4. The molecular weight excluding hydrogens is 400 g/mol. The van der Waals surface area contributed by atoms with Gasteiger partial charge in [-0.25, -0.2) is 9.59 Å². The number of rotatable bonds is 6. The molecule has 8 N–H and O–H groups in total. The summed E-state index contributed by atoms with van der Waals surface area (Å²) in [7, 11) is 0. The van der Waals surface area contributed by atoms with Gasteiger partial charge in [-0.05, 0) is 35.4 Å². The van der Waals surface area contributed by atoms with E-state index in [1.165, 1.54) is 0 Å². The second-order valence-electron chi connectivity index (χ2n) is 9.63. The number of nitrogens with one attached hydrogen (secondary N) is 4. The van der Waals surface area contributed by atoms with Crippen molar-refractivity contribution in [3.63, 3.8) is 0 Å². The molecule has 0 heterocycles. The number of hydrogen-bond donors (Lipinski definition) is 6. The molecule has 6 amide bonds. The number of hydrogen-bond acceptors (Lipinski definition) is 4. The lowest BCUT2D eigenvalue weighted by atomic mass is 9.86. The van der Waals surface area contributed by atoms with E-state index in [-0.39, 0.29) is 0 Å². The first-order valence-corrected chi connectivity index (χ1v) is 9.86. The normalized spacial score (nSPS) is 13.5. The van der Waals surface area contributed by atoms with Crippen LogP contribution in [-0.2, 0) is 9.59 Å². The summed E-state index contributed by atoms with van der Waals surface area (Å²) in [6.07, 6.45) is 0. The maximum absolute atomic E-state index is 12.4. The van der Waals surface area contributed by atoms with Gasteiger partial charge in [-0.15, -0.1) is 0 Å². The number of carbonyl (C=O) groups is 4. The SMILES string of the molecule is Cc1ccc(NC(=O)N[C@H](C(N)=O)C(C)(C)C)cc1NC(=O)N[C@H](C(N)=O)C(C)(C)C. The van der Waals surface area contributed by atoms with Crippen molar-refractivity contribution in [2.75, 3.05) is 10.6 Å². The Bertz CT molecular complexity index is 854. The highest BCUT2D eigenvalue weighted by Crippen LogP contribution is 2.23. The molecule has 0 bridgehead atoms. The highest BCUT2D eigenvalue weighted by Gasteiger charge is 2.32. The Kier molecular flexibility index (Phi) is 8.03. The Labute approximate surface area is 182 Å². The Morgan fingerprint density at radius 3 is 1.58 bits per heavy atom. The van der Waals surface area contributed by atoms with Gasteiger partial charge in [-0.2, -0.15) is 0 Å². The molecule has 1 aromatic rings. The topological polar surface area (TPSA) is 168 Å². The first-order valence-electron chi connectivity index (χ1n) is 9.86. The average Bonchev–Trinajstić information content (AvgIpc) is 2.58. The molecule has 0 aliphatic rings. The molecule has 0 aromatic heterocycles. The third kappa shape index (κ3) is 7.80. The van der Waals surface area contributed by atoms with Crippen LogP contribution < -0.4 is 32.7 Å². The smallest absolute Gasteiger partial charge is 0.319 e. The number of urea groups is 2. The van der Waals surface area contributed by atoms with E-state index < -0.39 is 46.8 Å². The monoisotopic (exact) mass is 434 g/mol. The summed E-state index contributed by atoms with van der Waals surface area (Å²) >= 11 is 0. The van der Waals surface area contributed by atoms with Gasteiger partial charge in [-0.1, -0.05) is 47.6 Å². The van der Waals surface area contributed by atoms with E-state index in [9.17, 15) is 19.2 Å². The van der Waals surface area contributed by atoms with Crippen molar-refractivity contribution in [1.29, 1.82) is 0 Å². The van der Waals surface area contributed by atoms with E-state index in [1.54, 1.807) is 66.7 Å². The molecule has 172 valence electrons. The van der Waals surface area contributed by atoms with E-state index in [2.05, 4.69) is 21.3 Å². The molecule has 10 nitrogen and oxygen atoms in total. The zero-order valence-electron chi connectivity index (χ0n) is 19.2. The van der Waals surface area contributed by atoms with E-state index in [0.29, 0.717) is 11.4 Å². The van der Waals surface area contributed by atoms with Gasteiger partial charge in [0.25, 0.3) is 0 Å². The molecule has 0 unspecified atom stereocenters. The van der Waals surface area contributed by atoms with Crippen LogP contribution in [0.1, 0.15) is 47.1 Å². The molecule has 0 fully saturated rings. The Morgan fingerprint density at radius 2 is 1.19 bits per heavy atom. The molecule has 1 rings (SSSR count). The van der Waals surface area contributed by atoms with Crippen LogP contribution >= 0.6 is 0 Å². The van der Waals surface area contributed by atoms with Crippen molar-refractivity contribution < 1.29 is 19.2 Å². The van der Waals surface area contributed by atoms with Crippen molar-refractivity contribution in [1.82, 2.24) is 10.6 Å². The third-order valence-electron chi connectivity index (χ3n) is 4.60. The molecule has 0 spiro atoms. The highest BCUT2D eigenvalue weighted by atomic mass is 16.2. The number of nitrogens with two attached hydrogens (primary N) is 2. The maximum Gasteiger partial charge on any atom is 0.319 e. The summed E-state index contributed by atoms with van der Waals surface area (Å²) in [6, 6.07) is 1.95. The molecule has 10 heteroatoms. The van der Waals surface area contributed by atoms with Gasteiger partial charge in [0, 0.05) is 11.4 Å². The predicted molar refractivity (Wildman–Crippen MR) is 120 cm³/mol. The Balaban J connectivity index is 2.92. The van der Waals surface area contributed by atoms with Crippen molar-refractivity contribution in [3.8, 4) is 0 Å². The molecule has 1 aromatic carbocycles. The maximum atomic E-state index is 12.4. The fourth-order valence-corrected chi connectivity index (χ4v) is 2.85. The number of amides is 6. The summed E-state index contributed by atoms with van der Waals surface area (Å²) in [5.41, 5.74) is 11.2. The summed E-state index contributed by atoms with van der Waals surface area (Å²) in [6.45, 7) is 12.5. The minimum absolute atomic E-state index is 0.387. The Hall–Kier alpha value is -3.30. The number of aryl methyl sites for hydroxylation is 1. The molecule has 0 aliphatic heterocycles. The van der Waals surface area contributed by atoms with E-state index in [4.69, 9.17) is 11.5 Å². The largest absolute Gasteiger partial charge is 0.368 e. The Morgan fingerprint density at radius 1 is 0.774 bits per heavy atom. The molecule has 0 aliphatic carbocycles. The van der Waals surface area contributed by atoms with E-state index in [1.807, 2.05) is 0 Å². The van der Waals surface area contributed by atoms with Crippen LogP contribution in [0.2, 0.25) is 0 Å². The quantitative estimate of drug-likeness (QED) is 0.403. The predicted octanol–water partition coefficient (Wildman–Crippen LogP) is 2.04. The minimum Gasteiger partial charge on any atom is -0.368 e. The van der Waals surface area contributed by atoms with Crippen LogP contribution in [-0.4, -0.2) is 36.0 Å². The summed E-state index contributed by atoms with van der Waals surface area (Å²) < 4.78 is 0. The zero-order chi connectivity index (χ0) is 24.1. The van der Waals surface area contributed by atoms with Crippen LogP contribution in [0.5, 0.6) is 0 Å². The molecular formula is C21H34N6O4. The van der Waals surface area contributed by atoms with E-state index in [0.717, 1.165) is 5.56 Å². The fraction of sp³-hybridized carbons (Fsp3) is 0.524. The van der Waals surface area contributed by atoms with Gasteiger partial charge >= 0.3 is 12.1 Å². The van der Waals surface area contributed by atoms with Gasteiger partial charge < -0.3 is 32.7 Å². The fourth-order valence-electron chi connectivity index (χ4n) is 2.85. The first-order chi connectivity index (χ1) is 14.0. The zero-order valence-corrected chi connectivity index (χ0v) is 19.2. The molecule has 0 saturated heterocycles. The van der Waals surface area contributed by atoms with Crippen LogP contribution in [0.25, 0.3) is 0 Å². The highest BCUT2D eigenvalue weighted by molar-refractivity contribution is 5.97. The van der Waals surface area contributed by atoms with E-state index >= 15 is 0 Å². The summed E-state index contributed by atoms with van der Waals surface area (Å²) in [5, 5.41) is 10.4. The van der Waals surface area contributed by atoms with Crippen molar-refractivity contribution >= 4 is 35.3 Å². The van der Waals surface area contributed by atoms with Crippen molar-refractivity contribution in [2.45, 2.75) is 60.5 Å². The number of benzene rings is 1. The average molecular weight is 435 g/mol. The van der Waals surface area contributed by atoms with Gasteiger partial charge in [0.1, 0.15) is 12.1 Å². The van der Waals surface area contributed by atoms with Gasteiger partial charge in [0.15, 0.2) is 0 Å². The lowest BCUT2D eigenvalue weighted by molar-refractivity contribution is -0.122. The van der Waals surface area contributed by atoms with Gasteiger partial charge in [-0.3, -0.25) is 9.59 Å². The summed E-state index contributed by atoms with van der Waals surface area (Å²) in [4.78, 5) is 48.1. The summed E-state index contributed by atoms with van der Waals surface area (Å²) in [5.74, 6) is -1.29. The number of primary amides is 2. The van der Waals surface area contributed by atoms with Gasteiger partial charge in [0.05, 0.1) is 0 Å². The van der Waals surface area contributed by atoms with Crippen LogP contribution in [0.15, 0.2) is 18.2 Å². The van der Waals surface area contributed by atoms with Crippen LogP contribution in [0.3, 0.4) is 0 Å². The van der Waals surface area contributed by atoms with Crippen LogP contribution in [0, 0.1) is 17.8 Å². The standard InChI is InChI=1S/C21H34N6O4/c1-11-8-9-12(24-18(30)26-14(16(22)28)20(2,3)4)10-13(11)25-19(31)27-15(17(23)29)21(5,6)7/h8-10,14-15H,1-7H3,(H2,22,28)(H2,23,29)(H2,24,26,30)(H2,25,27,31)/t14-,15-/m1/s1. The molecule has 31 heavy (non-hydrogen) atoms. The van der Waals surface area contributed by atoms with Crippen molar-refractivity contribution in [2.24, 2.45) is 22.3 Å². The van der Waals surface area contributed by atoms with Crippen LogP contribution in [0.4, 0.5) is 21.0 Å². The third-order valence-corrected chi connectivity index (χ3v) is 4.60. The second-order valence-corrected chi connectivity index (χ2v) is 9.63.